The lowest BCUT2D eigenvalue weighted by molar-refractivity contribution is -0.120. The summed E-state index contributed by atoms with van der Waals surface area (Å²) in [5.41, 5.74) is 6.35. The molecule has 2 heterocycles. The van der Waals surface area contributed by atoms with Crippen molar-refractivity contribution in [2.24, 2.45) is 0 Å². The number of anilines is 2. The van der Waals surface area contributed by atoms with Crippen LogP contribution in [0.1, 0.15) is 73.3 Å². The van der Waals surface area contributed by atoms with Gasteiger partial charge in [-0.05, 0) is 64.7 Å². The minimum absolute atomic E-state index is 0.174. The third-order valence-electron chi connectivity index (χ3n) is 5.86. The van der Waals surface area contributed by atoms with Crippen molar-refractivity contribution < 1.29 is 4.79 Å². The fraction of sp³-hybridized carbons (Fsp3) is 0.542. The highest BCUT2D eigenvalue weighted by Crippen LogP contribution is 2.42. The third-order valence-corrected chi connectivity index (χ3v) is 5.86. The van der Waals surface area contributed by atoms with E-state index in [9.17, 15) is 4.79 Å². The van der Waals surface area contributed by atoms with Gasteiger partial charge in [-0.2, -0.15) is 0 Å². The number of carbonyl (C=O) groups is 1. The Labute approximate surface area is 175 Å². The second kappa shape index (κ2) is 8.52. The highest BCUT2D eigenvalue weighted by molar-refractivity contribution is 6.00. The van der Waals surface area contributed by atoms with Gasteiger partial charge in [0.05, 0.1) is 17.7 Å². The molecule has 0 saturated heterocycles. The lowest BCUT2D eigenvalue weighted by Gasteiger charge is -2.34. The summed E-state index contributed by atoms with van der Waals surface area (Å²) in [7, 11) is 0. The third kappa shape index (κ3) is 4.00. The summed E-state index contributed by atoms with van der Waals surface area (Å²) >= 11 is 0. The van der Waals surface area contributed by atoms with Crippen molar-refractivity contribution in [1.29, 1.82) is 0 Å². The van der Waals surface area contributed by atoms with E-state index < -0.39 is 0 Å². The predicted octanol–water partition coefficient (Wildman–Crippen LogP) is 4.85. The molecule has 1 aliphatic heterocycles. The second-order valence-electron chi connectivity index (χ2n) is 8.30. The van der Waals surface area contributed by atoms with E-state index in [-0.39, 0.29) is 17.7 Å². The van der Waals surface area contributed by atoms with E-state index in [0.717, 1.165) is 59.8 Å². The first-order valence-corrected chi connectivity index (χ1v) is 10.8. The molecule has 2 unspecified atom stereocenters. The largest absolute Gasteiger partial charge is 0.371 e. The molecule has 0 amide bonds. The van der Waals surface area contributed by atoms with Gasteiger partial charge in [0.2, 0.25) is 0 Å². The predicted molar refractivity (Wildman–Crippen MR) is 120 cm³/mol. The van der Waals surface area contributed by atoms with E-state index >= 15 is 0 Å². The molecular formula is C24H34N4O. The number of aromatic nitrogens is 2. The highest BCUT2D eigenvalue weighted by Gasteiger charge is 2.39. The van der Waals surface area contributed by atoms with Crippen LogP contribution in [-0.2, 0) is 4.79 Å². The zero-order chi connectivity index (χ0) is 21.3. The summed E-state index contributed by atoms with van der Waals surface area (Å²) < 4.78 is 0. The number of hydrogen-bond donors (Lipinski definition) is 1. The molecule has 0 spiro atoms. The van der Waals surface area contributed by atoms with Crippen LogP contribution < -0.4 is 10.2 Å². The molecule has 0 fully saturated rings. The van der Waals surface area contributed by atoms with E-state index in [1.807, 2.05) is 13.8 Å². The Morgan fingerprint density at radius 2 is 1.72 bits per heavy atom. The molecule has 2 atom stereocenters. The molecule has 156 valence electrons. The topological polar surface area (TPSA) is 58.1 Å². The van der Waals surface area contributed by atoms with Gasteiger partial charge >= 0.3 is 0 Å². The van der Waals surface area contributed by atoms with E-state index in [1.54, 1.807) is 0 Å². The average Bonchev–Trinajstić information content (AvgIpc) is 2.65. The number of ketones is 1. The number of benzene rings is 1. The first-order chi connectivity index (χ1) is 13.8. The molecule has 29 heavy (non-hydrogen) atoms. The smallest absolute Gasteiger partial charge is 0.168 e. The molecule has 5 heteroatoms. The number of carbonyl (C=O) groups excluding carboxylic acids is 1. The molecule has 3 rings (SSSR count). The molecule has 1 aliphatic rings. The zero-order valence-electron chi connectivity index (χ0n) is 18.9. The Bertz CT molecular complexity index is 898. The van der Waals surface area contributed by atoms with Crippen molar-refractivity contribution in [3.63, 3.8) is 0 Å². The Morgan fingerprint density at radius 3 is 2.31 bits per heavy atom. The summed E-state index contributed by atoms with van der Waals surface area (Å²) in [5, 5.41) is 3.43. The van der Waals surface area contributed by atoms with Crippen LogP contribution in [0.15, 0.2) is 12.1 Å². The fourth-order valence-electron chi connectivity index (χ4n) is 4.52. The summed E-state index contributed by atoms with van der Waals surface area (Å²) in [6.45, 7) is 16.4. The standard InChI is InChI=1S/C24H34N4O/c1-8-10-11-28(9-2)24-22-21(26-18(7)27-24)20(23(29)17(6)25-22)19-15(4)12-14(3)13-16(19)5/h12-13,17,20,25H,8-11H2,1-7H3. The van der Waals surface area contributed by atoms with E-state index in [4.69, 9.17) is 9.97 Å². The molecule has 5 nitrogen and oxygen atoms in total. The van der Waals surface area contributed by atoms with Crippen LogP contribution in [0.3, 0.4) is 0 Å². The maximum Gasteiger partial charge on any atom is 0.168 e. The van der Waals surface area contributed by atoms with Gasteiger partial charge < -0.3 is 10.2 Å². The van der Waals surface area contributed by atoms with Crippen LogP contribution >= 0.6 is 0 Å². The minimum Gasteiger partial charge on any atom is -0.371 e. The van der Waals surface area contributed by atoms with Gasteiger partial charge in [0, 0.05) is 13.1 Å². The van der Waals surface area contributed by atoms with Gasteiger partial charge in [-0.1, -0.05) is 31.0 Å². The molecule has 0 bridgehead atoms. The van der Waals surface area contributed by atoms with Gasteiger partial charge in [0.1, 0.15) is 11.5 Å². The van der Waals surface area contributed by atoms with Crippen molar-refractivity contribution in [1.82, 2.24) is 9.97 Å². The van der Waals surface area contributed by atoms with Crippen molar-refractivity contribution in [2.75, 3.05) is 23.3 Å². The lowest BCUT2D eigenvalue weighted by atomic mass is 9.80. The van der Waals surface area contributed by atoms with Crippen LogP contribution in [0.2, 0.25) is 0 Å². The quantitative estimate of drug-likeness (QED) is 0.759. The van der Waals surface area contributed by atoms with Crippen LogP contribution in [0.4, 0.5) is 11.5 Å². The Hall–Kier alpha value is -2.43. The summed E-state index contributed by atoms with van der Waals surface area (Å²) in [4.78, 5) is 25.3. The molecule has 0 radical (unpaired) electrons. The molecule has 2 aromatic rings. The monoisotopic (exact) mass is 394 g/mol. The van der Waals surface area contributed by atoms with E-state index in [1.165, 1.54) is 5.56 Å². The number of hydrogen-bond acceptors (Lipinski definition) is 5. The zero-order valence-corrected chi connectivity index (χ0v) is 18.9. The maximum atomic E-state index is 13.4. The first-order valence-electron chi connectivity index (χ1n) is 10.8. The normalized spacial score (nSPS) is 18.4. The Balaban J connectivity index is 2.23. The van der Waals surface area contributed by atoms with Crippen molar-refractivity contribution in [3.05, 3.63) is 45.9 Å². The fourth-order valence-corrected chi connectivity index (χ4v) is 4.52. The highest BCUT2D eigenvalue weighted by atomic mass is 16.1. The number of nitrogens with zero attached hydrogens (tertiary/aromatic N) is 3. The van der Waals surface area contributed by atoms with Gasteiger partial charge in [-0.25, -0.2) is 9.97 Å². The summed E-state index contributed by atoms with van der Waals surface area (Å²) in [5.74, 6) is 1.46. The molecule has 1 N–H and O–H groups in total. The van der Waals surface area contributed by atoms with E-state index in [2.05, 4.69) is 57.0 Å². The van der Waals surface area contributed by atoms with Crippen LogP contribution in [0.5, 0.6) is 0 Å². The van der Waals surface area contributed by atoms with E-state index in [0.29, 0.717) is 5.82 Å². The van der Waals surface area contributed by atoms with Crippen molar-refractivity contribution in [3.8, 4) is 0 Å². The SMILES string of the molecule is CCCCN(CC)c1nc(C)nc2c1NC(C)C(=O)C2c1c(C)cc(C)cc1C. The Kier molecular flexibility index (Phi) is 6.25. The average molecular weight is 395 g/mol. The van der Waals surface area contributed by atoms with Gasteiger partial charge in [-0.3, -0.25) is 4.79 Å². The molecule has 1 aromatic heterocycles. The minimum atomic E-state index is -0.354. The summed E-state index contributed by atoms with van der Waals surface area (Å²) in [6, 6.07) is 4.05. The van der Waals surface area contributed by atoms with Crippen molar-refractivity contribution >= 4 is 17.3 Å². The van der Waals surface area contributed by atoms with Crippen LogP contribution in [0, 0.1) is 27.7 Å². The maximum absolute atomic E-state index is 13.4. The summed E-state index contributed by atoms with van der Waals surface area (Å²) in [6.07, 6.45) is 2.25. The molecule has 0 aliphatic carbocycles. The van der Waals surface area contributed by atoms with Gasteiger partial charge in [0.25, 0.3) is 0 Å². The van der Waals surface area contributed by atoms with Crippen LogP contribution in [-0.4, -0.2) is 34.9 Å². The van der Waals surface area contributed by atoms with Gasteiger partial charge in [0.15, 0.2) is 11.6 Å². The number of Topliss-reactive ketones (excluding diaryl/α,β-unsaturated/α-hetero) is 1. The number of rotatable bonds is 6. The number of fused-ring (bicyclic) bond motifs is 1. The molecule has 0 saturated carbocycles. The Morgan fingerprint density at radius 1 is 1.07 bits per heavy atom. The van der Waals surface area contributed by atoms with Gasteiger partial charge in [-0.15, -0.1) is 0 Å². The number of unbranched alkanes of at least 4 members (excludes halogenated alkanes) is 1. The first kappa shape index (κ1) is 21.3. The lowest BCUT2D eigenvalue weighted by Crippen LogP contribution is -2.40. The van der Waals surface area contributed by atoms with Crippen molar-refractivity contribution in [2.45, 2.75) is 73.3 Å². The second-order valence-corrected chi connectivity index (χ2v) is 8.30. The number of nitrogens with one attached hydrogen (secondary N) is 1. The molecular weight excluding hydrogens is 360 g/mol. The molecule has 1 aromatic carbocycles. The number of aryl methyl sites for hydroxylation is 4. The van der Waals surface area contributed by atoms with Crippen LogP contribution in [0.25, 0.3) is 0 Å².